The largest absolute Gasteiger partial charge is 0.493 e. The molecule has 0 fully saturated rings. The van der Waals surface area contributed by atoms with E-state index in [1.54, 1.807) is 18.5 Å². The molecule has 0 unspecified atom stereocenters. The topological polar surface area (TPSA) is 94.7 Å². The highest BCUT2D eigenvalue weighted by Gasteiger charge is 2.14. The summed E-state index contributed by atoms with van der Waals surface area (Å²) in [5.74, 6) is 0.285. The molecule has 0 aliphatic rings. The maximum Gasteiger partial charge on any atom is 0.263 e. The Kier molecular flexibility index (Phi) is 2.83. The number of aryl methyl sites for hydroxylation is 1. The van der Waals surface area contributed by atoms with Crippen LogP contribution in [0.3, 0.4) is 0 Å². The van der Waals surface area contributed by atoms with Crippen molar-refractivity contribution in [3.63, 3.8) is 0 Å². The third-order valence-electron chi connectivity index (χ3n) is 2.93. The minimum Gasteiger partial charge on any atom is -0.493 e. The van der Waals surface area contributed by atoms with Gasteiger partial charge in [-0.25, -0.2) is 4.98 Å². The minimum absolute atomic E-state index is 0.156. The van der Waals surface area contributed by atoms with Crippen molar-refractivity contribution in [3.8, 4) is 28.7 Å². The van der Waals surface area contributed by atoms with Gasteiger partial charge in [-0.3, -0.25) is 4.79 Å². The number of aromatic nitrogens is 4. The summed E-state index contributed by atoms with van der Waals surface area (Å²) in [6.07, 6.45) is 3.15. The molecule has 0 radical (unpaired) electrons. The molecule has 3 N–H and O–H groups in total. The summed E-state index contributed by atoms with van der Waals surface area (Å²) in [7, 11) is 0. The Bertz CT molecular complexity index is 806. The van der Waals surface area contributed by atoms with E-state index in [1.165, 1.54) is 0 Å². The summed E-state index contributed by atoms with van der Waals surface area (Å²) in [4.78, 5) is 25.6. The lowest BCUT2D eigenvalue weighted by molar-refractivity contribution is 0.454. The summed E-state index contributed by atoms with van der Waals surface area (Å²) < 4.78 is 0. The number of rotatable bonds is 2. The fourth-order valence-electron chi connectivity index (χ4n) is 2.03. The van der Waals surface area contributed by atoms with Gasteiger partial charge in [-0.2, -0.15) is 4.98 Å². The van der Waals surface area contributed by atoms with Gasteiger partial charge in [0.15, 0.2) is 11.6 Å². The van der Waals surface area contributed by atoms with Crippen molar-refractivity contribution in [3.05, 3.63) is 52.6 Å². The first-order valence-electron chi connectivity index (χ1n) is 6.05. The summed E-state index contributed by atoms with van der Waals surface area (Å²) in [6.45, 7) is 1.92. The average molecular weight is 268 g/mol. The highest BCUT2D eigenvalue weighted by atomic mass is 16.3. The normalized spacial score (nSPS) is 10.7. The molecule has 3 rings (SSSR count). The monoisotopic (exact) mass is 268 g/mol. The first-order chi connectivity index (χ1) is 9.65. The minimum atomic E-state index is -0.408. The number of nitrogens with zero attached hydrogens (tertiary/aromatic N) is 2. The Morgan fingerprint density at radius 2 is 2.10 bits per heavy atom. The summed E-state index contributed by atoms with van der Waals surface area (Å²) in [5.41, 5.74) is 1.37. The highest BCUT2D eigenvalue weighted by Crippen LogP contribution is 2.25. The molecule has 20 heavy (non-hydrogen) atoms. The van der Waals surface area contributed by atoms with Crippen LogP contribution in [0.2, 0.25) is 0 Å². The summed E-state index contributed by atoms with van der Waals surface area (Å²) in [6, 6.07) is 7.31. The van der Waals surface area contributed by atoms with Gasteiger partial charge in [0.25, 0.3) is 5.56 Å². The second kappa shape index (κ2) is 4.65. The smallest absolute Gasteiger partial charge is 0.263 e. The van der Waals surface area contributed by atoms with Crippen LogP contribution in [-0.4, -0.2) is 25.0 Å². The molecule has 3 aromatic rings. The van der Waals surface area contributed by atoms with Gasteiger partial charge in [0.05, 0.1) is 0 Å². The van der Waals surface area contributed by atoms with Crippen LogP contribution in [0.5, 0.6) is 5.88 Å². The van der Waals surface area contributed by atoms with Crippen LogP contribution in [0.1, 0.15) is 5.56 Å². The Balaban J connectivity index is 2.17. The Hall–Kier alpha value is -2.89. The van der Waals surface area contributed by atoms with E-state index in [0.717, 1.165) is 5.56 Å². The maximum absolute atomic E-state index is 12.2. The molecule has 6 heteroatoms. The van der Waals surface area contributed by atoms with Crippen LogP contribution in [0, 0.1) is 6.92 Å². The van der Waals surface area contributed by atoms with Crippen molar-refractivity contribution >= 4 is 0 Å². The molecule has 0 bridgehead atoms. The van der Waals surface area contributed by atoms with Crippen molar-refractivity contribution in [2.75, 3.05) is 0 Å². The molecular weight excluding hydrogens is 256 g/mol. The molecule has 6 nitrogen and oxygen atoms in total. The molecule has 0 aliphatic heterocycles. The van der Waals surface area contributed by atoms with E-state index < -0.39 is 5.56 Å². The van der Waals surface area contributed by atoms with Crippen LogP contribution in [0.15, 0.2) is 41.5 Å². The van der Waals surface area contributed by atoms with E-state index in [4.69, 9.17) is 0 Å². The first kappa shape index (κ1) is 12.2. The number of aromatic amines is 2. The highest BCUT2D eigenvalue weighted by molar-refractivity contribution is 5.68. The van der Waals surface area contributed by atoms with Crippen molar-refractivity contribution in [1.82, 2.24) is 19.9 Å². The summed E-state index contributed by atoms with van der Waals surface area (Å²) in [5, 5.41) is 10.0. The van der Waals surface area contributed by atoms with Gasteiger partial charge in [0.1, 0.15) is 5.56 Å². The Morgan fingerprint density at radius 1 is 1.25 bits per heavy atom. The average Bonchev–Trinajstić information content (AvgIpc) is 2.91. The van der Waals surface area contributed by atoms with Gasteiger partial charge >= 0.3 is 0 Å². The molecule has 2 aromatic heterocycles. The van der Waals surface area contributed by atoms with Gasteiger partial charge < -0.3 is 15.1 Å². The maximum atomic E-state index is 12.2. The fraction of sp³-hybridized carbons (Fsp3) is 0.0714. The predicted molar refractivity (Wildman–Crippen MR) is 74.3 cm³/mol. The lowest BCUT2D eigenvalue weighted by Gasteiger charge is -2.05. The number of imidazole rings is 1. The van der Waals surface area contributed by atoms with E-state index in [9.17, 15) is 9.90 Å². The van der Waals surface area contributed by atoms with Crippen LogP contribution in [0.25, 0.3) is 22.8 Å². The number of nitrogens with one attached hydrogen (secondary N) is 2. The molecule has 0 saturated carbocycles. The quantitative estimate of drug-likeness (QED) is 0.661. The van der Waals surface area contributed by atoms with E-state index in [0.29, 0.717) is 11.4 Å². The number of aromatic hydroxyl groups is 1. The van der Waals surface area contributed by atoms with Crippen molar-refractivity contribution in [2.45, 2.75) is 6.92 Å². The van der Waals surface area contributed by atoms with E-state index in [-0.39, 0.29) is 17.3 Å². The second-order valence-corrected chi connectivity index (χ2v) is 4.42. The van der Waals surface area contributed by atoms with Crippen LogP contribution in [0.4, 0.5) is 0 Å². The molecule has 1 aromatic carbocycles. The van der Waals surface area contributed by atoms with Gasteiger partial charge in [-0.15, -0.1) is 0 Å². The Morgan fingerprint density at radius 3 is 2.75 bits per heavy atom. The number of benzene rings is 1. The standard InChI is InChI=1S/C14H12N4O2/c1-8-3-2-4-9(7-8)10-13(19)17-12(18-14(10)20)11-15-5-6-16-11/h2-7H,1H3,(H,15,16)(H2,17,18,19,20). The molecule has 0 atom stereocenters. The van der Waals surface area contributed by atoms with Gasteiger partial charge in [-0.1, -0.05) is 29.8 Å². The van der Waals surface area contributed by atoms with Gasteiger partial charge in [0.2, 0.25) is 5.88 Å². The zero-order valence-corrected chi connectivity index (χ0v) is 10.7. The molecule has 0 saturated heterocycles. The first-order valence-corrected chi connectivity index (χ1v) is 6.05. The summed E-state index contributed by atoms with van der Waals surface area (Å²) >= 11 is 0. The van der Waals surface area contributed by atoms with Crippen LogP contribution < -0.4 is 5.56 Å². The van der Waals surface area contributed by atoms with Crippen LogP contribution in [-0.2, 0) is 0 Å². The fourth-order valence-corrected chi connectivity index (χ4v) is 2.03. The zero-order chi connectivity index (χ0) is 14.1. The van der Waals surface area contributed by atoms with E-state index in [2.05, 4.69) is 19.9 Å². The van der Waals surface area contributed by atoms with E-state index in [1.807, 2.05) is 25.1 Å². The number of hydrogen-bond acceptors (Lipinski definition) is 4. The molecular formula is C14H12N4O2. The molecule has 2 heterocycles. The Labute approximate surface area is 114 Å². The molecule has 0 amide bonds. The molecule has 0 aliphatic carbocycles. The lowest BCUT2D eigenvalue weighted by atomic mass is 10.1. The van der Waals surface area contributed by atoms with Gasteiger partial charge in [-0.05, 0) is 12.5 Å². The third-order valence-corrected chi connectivity index (χ3v) is 2.93. The van der Waals surface area contributed by atoms with Crippen LogP contribution >= 0.6 is 0 Å². The predicted octanol–water partition coefficient (Wildman–Crippen LogP) is 1.84. The zero-order valence-electron chi connectivity index (χ0n) is 10.7. The van der Waals surface area contributed by atoms with Crippen molar-refractivity contribution in [1.29, 1.82) is 0 Å². The second-order valence-electron chi connectivity index (χ2n) is 4.42. The van der Waals surface area contributed by atoms with Crippen molar-refractivity contribution in [2.24, 2.45) is 0 Å². The third kappa shape index (κ3) is 2.07. The molecule has 100 valence electrons. The van der Waals surface area contributed by atoms with Gasteiger partial charge in [0, 0.05) is 12.4 Å². The SMILES string of the molecule is Cc1cccc(-c2c(O)nc(-c3ncc[nH]3)[nH]c2=O)c1. The van der Waals surface area contributed by atoms with E-state index >= 15 is 0 Å². The number of H-pyrrole nitrogens is 2. The number of hydrogen-bond donors (Lipinski definition) is 3. The lowest BCUT2D eigenvalue weighted by Crippen LogP contribution is -2.12. The molecule has 0 spiro atoms. The van der Waals surface area contributed by atoms with Crippen molar-refractivity contribution < 1.29 is 5.11 Å².